The predicted octanol–water partition coefficient (Wildman–Crippen LogP) is 5.56. The summed E-state index contributed by atoms with van der Waals surface area (Å²) in [5.41, 5.74) is 3.96. The van der Waals surface area contributed by atoms with Gasteiger partial charge in [-0.2, -0.15) is 0 Å². The minimum Gasteiger partial charge on any atom is -0.506 e. The third kappa shape index (κ3) is 6.69. The van der Waals surface area contributed by atoms with Crippen molar-refractivity contribution < 1.29 is 20.4 Å². The first-order valence-electron chi connectivity index (χ1n) is 12.6. The molecule has 0 spiro atoms. The van der Waals surface area contributed by atoms with E-state index in [9.17, 15) is 20.4 Å². The van der Waals surface area contributed by atoms with Gasteiger partial charge >= 0.3 is 0 Å². The van der Waals surface area contributed by atoms with Gasteiger partial charge in [-0.3, -0.25) is 19.9 Å². The molecule has 0 fully saturated rings. The number of hydrogen-bond donors (Lipinski definition) is 4. The number of aromatic hydroxyl groups is 4. The summed E-state index contributed by atoms with van der Waals surface area (Å²) < 4.78 is 0. The smallest absolute Gasteiger partial charge is 0.141 e. The lowest BCUT2D eigenvalue weighted by molar-refractivity contribution is 0.471. The Bertz CT molecular complexity index is 1590. The second-order valence-corrected chi connectivity index (χ2v) is 8.84. The van der Waals surface area contributed by atoms with Crippen LogP contribution in [0.1, 0.15) is 45.0 Å². The van der Waals surface area contributed by atoms with Gasteiger partial charge in [0, 0.05) is 47.0 Å². The molecule has 0 atom stereocenters. The van der Waals surface area contributed by atoms with Crippen molar-refractivity contribution in [2.45, 2.75) is 0 Å². The monoisotopic (exact) mass is 556 g/mol. The molecular formula is C32H24N6O4. The van der Waals surface area contributed by atoms with Gasteiger partial charge in [-0.15, -0.1) is 0 Å². The van der Waals surface area contributed by atoms with E-state index in [1.807, 2.05) is 0 Å². The van der Waals surface area contributed by atoms with Gasteiger partial charge in [0.05, 0.1) is 47.6 Å². The number of pyridine rings is 4. The van der Waals surface area contributed by atoms with Gasteiger partial charge < -0.3 is 20.4 Å². The van der Waals surface area contributed by atoms with Gasteiger partial charge in [0.1, 0.15) is 23.0 Å². The molecule has 0 bridgehead atoms. The number of aromatic nitrogens is 6. The van der Waals surface area contributed by atoms with E-state index in [4.69, 9.17) is 9.97 Å². The molecule has 0 saturated carbocycles. The van der Waals surface area contributed by atoms with E-state index in [1.165, 1.54) is 24.8 Å². The van der Waals surface area contributed by atoms with Gasteiger partial charge in [-0.05, 0) is 72.9 Å². The van der Waals surface area contributed by atoms with Crippen molar-refractivity contribution in [2.24, 2.45) is 0 Å². The summed E-state index contributed by atoms with van der Waals surface area (Å²) in [7, 11) is 0. The van der Waals surface area contributed by atoms with E-state index in [0.717, 1.165) is 0 Å². The Kier molecular flexibility index (Phi) is 8.35. The molecule has 0 radical (unpaired) electrons. The zero-order valence-corrected chi connectivity index (χ0v) is 22.0. The molecule has 0 aliphatic carbocycles. The summed E-state index contributed by atoms with van der Waals surface area (Å²) in [6.45, 7) is 0. The minimum absolute atomic E-state index is 0.00510. The van der Waals surface area contributed by atoms with Crippen LogP contribution in [-0.2, 0) is 0 Å². The Morgan fingerprint density at radius 1 is 0.357 bits per heavy atom. The van der Waals surface area contributed by atoms with Crippen LogP contribution >= 0.6 is 0 Å². The SMILES string of the molecule is Oc1cnccc1C=Cc1nc(C=Cc2ccncc2O)c(C=Cc2ccncc2O)nc1C=Cc1ccncc1O. The fourth-order valence-corrected chi connectivity index (χ4v) is 3.81. The molecule has 0 saturated heterocycles. The fourth-order valence-electron chi connectivity index (χ4n) is 3.81. The van der Waals surface area contributed by atoms with Crippen LogP contribution in [0.5, 0.6) is 23.0 Å². The lowest BCUT2D eigenvalue weighted by Gasteiger charge is -2.08. The van der Waals surface area contributed by atoms with Crippen molar-refractivity contribution in [3.8, 4) is 23.0 Å². The molecular weight excluding hydrogens is 532 g/mol. The van der Waals surface area contributed by atoms with E-state index >= 15 is 0 Å². The van der Waals surface area contributed by atoms with Crippen LogP contribution in [0.25, 0.3) is 48.6 Å². The molecule has 0 aliphatic heterocycles. The van der Waals surface area contributed by atoms with Crippen LogP contribution in [0.2, 0.25) is 0 Å². The van der Waals surface area contributed by atoms with E-state index in [0.29, 0.717) is 45.0 Å². The molecule has 10 nitrogen and oxygen atoms in total. The molecule has 10 heteroatoms. The molecule has 5 rings (SSSR count). The van der Waals surface area contributed by atoms with Gasteiger partial charge in [0.2, 0.25) is 0 Å². The minimum atomic E-state index is 0.00510. The summed E-state index contributed by atoms with van der Waals surface area (Å²) in [6, 6.07) is 6.65. The Balaban J connectivity index is 1.66. The van der Waals surface area contributed by atoms with Gasteiger partial charge in [0.15, 0.2) is 0 Å². The average molecular weight is 557 g/mol. The highest BCUT2D eigenvalue weighted by Crippen LogP contribution is 2.25. The predicted molar refractivity (Wildman–Crippen MR) is 161 cm³/mol. The summed E-state index contributed by atoms with van der Waals surface area (Å²) in [5, 5.41) is 40.8. The van der Waals surface area contributed by atoms with Crippen molar-refractivity contribution in [1.29, 1.82) is 0 Å². The van der Waals surface area contributed by atoms with Crippen molar-refractivity contribution in [3.05, 3.63) is 119 Å². The van der Waals surface area contributed by atoms with Crippen LogP contribution in [-0.4, -0.2) is 50.3 Å². The van der Waals surface area contributed by atoms with Crippen molar-refractivity contribution in [2.75, 3.05) is 0 Å². The zero-order chi connectivity index (χ0) is 29.3. The fraction of sp³-hybridized carbons (Fsp3) is 0. The Morgan fingerprint density at radius 3 is 0.810 bits per heavy atom. The quantitative estimate of drug-likeness (QED) is 0.191. The highest BCUT2D eigenvalue weighted by atomic mass is 16.3. The molecule has 206 valence electrons. The Hall–Kier alpha value is -6.16. The van der Waals surface area contributed by atoms with Crippen LogP contribution in [0.4, 0.5) is 0 Å². The molecule has 5 aromatic rings. The topological polar surface area (TPSA) is 158 Å². The van der Waals surface area contributed by atoms with E-state index < -0.39 is 0 Å². The Labute approximate surface area is 240 Å². The molecule has 4 N–H and O–H groups in total. The van der Waals surface area contributed by atoms with Crippen LogP contribution in [0, 0.1) is 0 Å². The largest absolute Gasteiger partial charge is 0.506 e. The maximum atomic E-state index is 10.2. The van der Waals surface area contributed by atoms with Crippen molar-refractivity contribution in [3.63, 3.8) is 0 Å². The van der Waals surface area contributed by atoms with Crippen molar-refractivity contribution >= 4 is 48.6 Å². The van der Waals surface area contributed by atoms with Crippen LogP contribution < -0.4 is 0 Å². The number of hydrogen-bond acceptors (Lipinski definition) is 10. The van der Waals surface area contributed by atoms with Crippen LogP contribution in [0.3, 0.4) is 0 Å². The number of nitrogens with zero attached hydrogens (tertiary/aromatic N) is 6. The first kappa shape index (κ1) is 27.4. The highest BCUT2D eigenvalue weighted by Gasteiger charge is 2.10. The molecule has 0 unspecified atom stereocenters. The zero-order valence-electron chi connectivity index (χ0n) is 22.0. The van der Waals surface area contributed by atoms with Gasteiger partial charge in [-0.25, -0.2) is 9.97 Å². The molecule has 42 heavy (non-hydrogen) atoms. The maximum Gasteiger partial charge on any atom is 0.141 e. The summed E-state index contributed by atoms with van der Waals surface area (Å²) in [6.07, 6.45) is 25.2. The molecule has 0 aromatic carbocycles. The lowest BCUT2D eigenvalue weighted by Crippen LogP contribution is -2.00. The first-order valence-corrected chi connectivity index (χ1v) is 12.6. The van der Waals surface area contributed by atoms with Gasteiger partial charge in [0.25, 0.3) is 0 Å². The van der Waals surface area contributed by atoms with E-state index in [-0.39, 0.29) is 23.0 Å². The second-order valence-electron chi connectivity index (χ2n) is 8.84. The maximum absolute atomic E-state index is 10.2. The Morgan fingerprint density at radius 2 is 0.595 bits per heavy atom. The van der Waals surface area contributed by atoms with Gasteiger partial charge in [-0.1, -0.05) is 0 Å². The lowest BCUT2D eigenvalue weighted by atomic mass is 10.1. The average Bonchev–Trinajstić information content (AvgIpc) is 3.00. The van der Waals surface area contributed by atoms with E-state index in [1.54, 1.807) is 97.7 Å². The third-order valence-electron chi connectivity index (χ3n) is 6.02. The summed E-state index contributed by atoms with van der Waals surface area (Å²) in [4.78, 5) is 25.3. The van der Waals surface area contributed by atoms with Crippen molar-refractivity contribution in [1.82, 2.24) is 29.9 Å². The molecule has 5 aromatic heterocycles. The standard InChI is InChI=1S/C32H24N6O4/c39-29-17-33-13-9-21(29)1-5-25-26(6-2-22-10-14-34-18-30(22)40)38-28(8-4-24-12-16-36-20-32(24)42)27(37-25)7-3-23-11-15-35-19-31(23)41/h1-20,39-42H. The molecule has 5 heterocycles. The van der Waals surface area contributed by atoms with E-state index in [2.05, 4.69) is 19.9 Å². The number of rotatable bonds is 8. The molecule has 0 aliphatic rings. The summed E-state index contributed by atoms with van der Waals surface area (Å²) >= 11 is 0. The second kappa shape index (κ2) is 12.8. The third-order valence-corrected chi connectivity index (χ3v) is 6.02. The summed E-state index contributed by atoms with van der Waals surface area (Å²) in [5.74, 6) is 0.0204. The highest BCUT2D eigenvalue weighted by molar-refractivity contribution is 5.83. The normalized spacial score (nSPS) is 11.8. The first-order chi connectivity index (χ1) is 20.5. The van der Waals surface area contributed by atoms with Crippen LogP contribution in [0.15, 0.2) is 73.8 Å². The molecule has 0 amide bonds.